The number of nitrogens with one attached hydrogen (secondary N) is 1. The van der Waals surface area contributed by atoms with Gasteiger partial charge in [-0.15, -0.1) is 11.3 Å². The molecule has 10 heteroatoms. The molecule has 0 aliphatic carbocycles. The van der Waals surface area contributed by atoms with Gasteiger partial charge in [-0.1, -0.05) is 25.1 Å². The number of nitrogen functional groups attached to an aromatic ring is 1. The fourth-order valence-electron chi connectivity index (χ4n) is 4.26. The number of piperazine rings is 1. The highest BCUT2D eigenvalue weighted by molar-refractivity contribution is 7.17. The van der Waals surface area contributed by atoms with Crippen LogP contribution in [0.4, 0.5) is 0 Å². The highest BCUT2D eigenvalue weighted by Crippen LogP contribution is 2.37. The minimum atomic E-state index is -1.07. The van der Waals surface area contributed by atoms with E-state index in [4.69, 9.17) is 15.9 Å². The van der Waals surface area contributed by atoms with Crippen molar-refractivity contribution in [1.82, 2.24) is 9.80 Å². The molecule has 2 unspecified atom stereocenters. The fourth-order valence-corrected chi connectivity index (χ4v) is 5.27. The fraction of sp³-hybridized carbons (Fsp3) is 0.280. The molecule has 2 amide bonds. The summed E-state index contributed by atoms with van der Waals surface area (Å²) in [5, 5.41) is 19.9. The zero-order chi connectivity index (χ0) is 25.1. The third-order valence-electron chi connectivity index (χ3n) is 5.92. The second-order valence-electron chi connectivity index (χ2n) is 8.27. The van der Waals surface area contributed by atoms with Gasteiger partial charge in [0, 0.05) is 16.8 Å². The van der Waals surface area contributed by atoms with Gasteiger partial charge in [0.25, 0.3) is 0 Å². The van der Waals surface area contributed by atoms with E-state index in [9.17, 15) is 19.5 Å². The summed E-state index contributed by atoms with van der Waals surface area (Å²) in [7, 11) is 0. The van der Waals surface area contributed by atoms with Gasteiger partial charge in [0.15, 0.2) is 6.23 Å². The molecule has 0 spiro atoms. The van der Waals surface area contributed by atoms with Crippen LogP contribution in [-0.2, 0) is 14.4 Å². The molecule has 0 radical (unpaired) electrons. The summed E-state index contributed by atoms with van der Waals surface area (Å²) < 4.78 is 7.09. The topological polar surface area (TPSA) is 137 Å². The molecule has 1 saturated heterocycles. The monoisotopic (exact) mass is 494 g/mol. The van der Waals surface area contributed by atoms with Crippen molar-refractivity contribution < 1.29 is 24.2 Å². The molecule has 0 bridgehead atoms. The second-order valence-corrected chi connectivity index (χ2v) is 9.18. The van der Waals surface area contributed by atoms with E-state index in [0.29, 0.717) is 29.8 Å². The standard InChI is InChI=1S/C25H26N4O5S/c1-2-11-28-21(34-16-9-7-15(8-10-16)23(26)27)13-29(25(33)24(28)32)19(12-22(30)31)18-14-35-20-6-4-3-5-17(18)20/h3-10,14,19,21H,2,11-13H2,1H3,(H3,26,27)(H,30,31). The highest BCUT2D eigenvalue weighted by Gasteiger charge is 2.44. The van der Waals surface area contributed by atoms with Crippen LogP contribution in [0, 0.1) is 5.41 Å². The smallest absolute Gasteiger partial charge is 0.315 e. The molecule has 4 rings (SSSR count). The molecule has 4 N–H and O–H groups in total. The lowest BCUT2D eigenvalue weighted by Crippen LogP contribution is -2.62. The quantitative estimate of drug-likeness (QED) is 0.237. The summed E-state index contributed by atoms with van der Waals surface area (Å²) in [5.41, 5.74) is 6.75. The van der Waals surface area contributed by atoms with E-state index in [1.807, 2.05) is 36.6 Å². The van der Waals surface area contributed by atoms with Crippen molar-refractivity contribution in [1.29, 1.82) is 5.41 Å². The van der Waals surface area contributed by atoms with E-state index in [2.05, 4.69) is 0 Å². The predicted octanol–water partition coefficient (Wildman–Crippen LogP) is 3.19. The third-order valence-corrected chi connectivity index (χ3v) is 6.90. The largest absolute Gasteiger partial charge is 0.481 e. The number of carboxylic acid groups (broad SMARTS) is 1. The Labute approximate surface area is 206 Å². The molecule has 2 aromatic carbocycles. The molecule has 35 heavy (non-hydrogen) atoms. The molecule has 2 heterocycles. The number of aliphatic carboxylic acids is 1. The first-order valence-electron chi connectivity index (χ1n) is 11.2. The number of nitrogens with zero attached hydrogens (tertiary/aromatic N) is 2. The van der Waals surface area contributed by atoms with E-state index < -0.39 is 30.1 Å². The lowest BCUT2D eigenvalue weighted by Gasteiger charge is -2.42. The number of amidine groups is 1. The number of nitrogens with two attached hydrogens (primary N) is 1. The van der Waals surface area contributed by atoms with Crippen molar-refractivity contribution in [2.75, 3.05) is 13.1 Å². The molecule has 0 saturated carbocycles. The Morgan fingerprint density at radius 2 is 1.91 bits per heavy atom. The molecule has 182 valence electrons. The van der Waals surface area contributed by atoms with E-state index in [0.717, 1.165) is 10.1 Å². The first-order valence-corrected chi connectivity index (χ1v) is 12.1. The predicted molar refractivity (Wildman–Crippen MR) is 132 cm³/mol. The minimum Gasteiger partial charge on any atom is -0.481 e. The summed E-state index contributed by atoms with van der Waals surface area (Å²) in [5.74, 6) is -2.17. The van der Waals surface area contributed by atoms with Gasteiger partial charge < -0.3 is 20.5 Å². The van der Waals surface area contributed by atoms with Crippen LogP contribution >= 0.6 is 11.3 Å². The molecule has 1 fully saturated rings. The first-order chi connectivity index (χ1) is 16.8. The molecular weight excluding hydrogens is 468 g/mol. The Balaban J connectivity index is 1.69. The first kappa shape index (κ1) is 24.2. The van der Waals surface area contributed by atoms with Crippen LogP contribution in [0.2, 0.25) is 0 Å². The van der Waals surface area contributed by atoms with Gasteiger partial charge in [-0.05, 0) is 53.1 Å². The highest BCUT2D eigenvalue weighted by atomic mass is 32.1. The zero-order valence-electron chi connectivity index (χ0n) is 19.1. The van der Waals surface area contributed by atoms with E-state index in [-0.39, 0.29) is 18.8 Å². The van der Waals surface area contributed by atoms with Gasteiger partial charge in [0.05, 0.1) is 19.0 Å². The number of ether oxygens (including phenoxy) is 1. The number of thiophene rings is 1. The number of carbonyl (C=O) groups is 3. The average molecular weight is 495 g/mol. The van der Waals surface area contributed by atoms with Crippen LogP contribution in [0.25, 0.3) is 10.1 Å². The number of fused-ring (bicyclic) bond motifs is 1. The van der Waals surface area contributed by atoms with Crippen LogP contribution in [0.15, 0.2) is 53.9 Å². The van der Waals surface area contributed by atoms with Gasteiger partial charge in [-0.3, -0.25) is 24.7 Å². The van der Waals surface area contributed by atoms with Crippen molar-refractivity contribution in [3.63, 3.8) is 0 Å². The number of rotatable bonds is 9. The number of hydrogen-bond acceptors (Lipinski definition) is 6. The van der Waals surface area contributed by atoms with Gasteiger partial charge in [-0.25, -0.2) is 0 Å². The lowest BCUT2D eigenvalue weighted by molar-refractivity contribution is -0.169. The molecule has 3 aromatic rings. The van der Waals surface area contributed by atoms with Crippen LogP contribution < -0.4 is 10.5 Å². The number of hydrogen-bond donors (Lipinski definition) is 3. The van der Waals surface area contributed by atoms with Gasteiger partial charge in [-0.2, -0.15) is 0 Å². The van der Waals surface area contributed by atoms with Crippen LogP contribution in [0.5, 0.6) is 5.75 Å². The lowest BCUT2D eigenvalue weighted by atomic mass is 9.99. The summed E-state index contributed by atoms with van der Waals surface area (Å²) in [6.07, 6.45) is -0.520. The van der Waals surface area contributed by atoms with Crippen molar-refractivity contribution >= 4 is 45.0 Å². The zero-order valence-corrected chi connectivity index (χ0v) is 20.0. The molecular formula is C25H26N4O5S. The molecule has 9 nitrogen and oxygen atoms in total. The Kier molecular flexibility index (Phi) is 7.02. The Morgan fingerprint density at radius 3 is 2.57 bits per heavy atom. The number of benzene rings is 2. The number of carbonyl (C=O) groups excluding carboxylic acids is 2. The second kappa shape index (κ2) is 10.1. The van der Waals surface area contributed by atoms with Crippen molar-refractivity contribution in [3.8, 4) is 5.75 Å². The molecule has 1 aliphatic rings. The van der Waals surface area contributed by atoms with E-state index >= 15 is 0 Å². The van der Waals surface area contributed by atoms with Crippen LogP contribution in [-0.4, -0.2) is 57.8 Å². The maximum absolute atomic E-state index is 13.2. The van der Waals surface area contributed by atoms with E-state index in [1.54, 1.807) is 24.3 Å². The molecule has 1 aliphatic heterocycles. The summed E-state index contributed by atoms with van der Waals surface area (Å²) in [6, 6.07) is 13.3. The SMILES string of the molecule is CCCN1C(=O)C(=O)N(C(CC(=O)O)c2csc3ccccc23)CC1Oc1ccc(C(=N)N)cc1. The van der Waals surface area contributed by atoms with Crippen molar-refractivity contribution in [2.45, 2.75) is 32.0 Å². The van der Waals surface area contributed by atoms with Crippen LogP contribution in [0.1, 0.15) is 36.9 Å². The minimum absolute atomic E-state index is 0.0150. The number of amides is 2. The third kappa shape index (κ3) is 4.97. The normalized spacial score (nSPS) is 17.0. The summed E-state index contributed by atoms with van der Waals surface area (Å²) >= 11 is 1.47. The molecule has 1 aromatic heterocycles. The van der Waals surface area contributed by atoms with Crippen molar-refractivity contribution in [2.24, 2.45) is 5.73 Å². The summed E-state index contributed by atoms with van der Waals surface area (Å²) in [6.45, 7) is 2.23. The van der Waals surface area contributed by atoms with Gasteiger partial charge in [0.2, 0.25) is 0 Å². The van der Waals surface area contributed by atoms with Gasteiger partial charge >= 0.3 is 17.8 Å². The maximum Gasteiger partial charge on any atom is 0.315 e. The number of carboxylic acids is 1. The average Bonchev–Trinajstić information content (AvgIpc) is 3.26. The van der Waals surface area contributed by atoms with E-state index in [1.165, 1.54) is 21.1 Å². The maximum atomic E-state index is 13.2. The van der Waals surface area contributed by atoms with Crippen LogP contribution in [0.3, 0.4) is 0 Å². The Morgan fingerprint density at radius 1 is 1.20 bits per heavy atom. The summed E-state index contributed by atoms with van der Waals surface area (Å²) in [4.78, 5) is 40.9. The Hall–Kier alpha value is -3.92. The van der Waals surface area contributed by atoms with Gasteiger partial charge in [0.1, 0.15) is 11.6 Å². The Bertz CT molecular complexity index is 1270. The van der Waals surface area contributed by atoms with Crippen molar-refractivity contribution in [3.05, 3.63) is 65.0 Å². The molecule has 2 atom stereocenters.